The minimum absolute atomic E-state index is 0.0119. The SMILES string of the molecule is O=C1CC2(CCN(C(=O)Cn3nnc(N4CCOCC4)n3)C2)Oc2ccccc21. The number of carbonyl (C=O) groups excluding carboxylic acids is 2. The molecule has 1 unspecified atom stereocenters. The first kappa shape index (κ1) is 18.0. The van der Waals surface area contributed by atoms with E-state index in [1.165, 1.54) is 4.80 Å². The van der Waals surface area contributed by atoms with E-state index in [9.17, 15) is 9.59 Å². The number of rotatable bonds is 3. The van der Waals surface area contributed by atoms with Gasteiger partial charge in [-0.2, -0.15) is 4.80 Å². The summed E-state index contributed by atoms with van der Waals surface area (Å²) in [4.78, 5) is 30.3. The maximum Gasteiger partial charge on any atom is 0.266 e. The van der Waals surface area contributed by atoms with Gasteiger partial charge in [-0.25, -0.2) is 0 Å². The van der Waals surface area contributed by atoms with Crippen LogP contribution in [-0.4, -0.2) is 81.8 Å². The van der Waals surface area contributed by atoms with Crippen molar-refractivity contribution in [3.8, 4) is 5.75 Å². The number of benzene rings is 1. The molecule has 2 fully saturated rings. The lowest BCUT2D eigenvalue weighted by Gasteiger charge is -2.34. The number of Topliss-reactive ketones (excluding diaryl/α,β-unsaturated/α-hetero) is 1. The zero-order valence-electron chi connectivity index (χ0n) is 16.0. The number of ether oxygens (including phenoxy) is 2. The van der Waals surface area contributed by atoms with Gasteiger partial charge in [0.15, 0.2) is 5.78 Å². The molecule has 5 rings (SSSR count). The summed E-state index contributed by atoms with van der Waals surface area (Å²) in [6, 6.07) is 7.28. The minimum Gasteiger partial charge on any atom is -0.484 e. The first-order valence-corrected chi connectivity index (χ1v) is 9.81. The van der Waals surface area contributed by atoms with Gasteiger partial charge in [0, 0.05) is 26.1 Å². The van der Waals surface area contributed by atoms with Gasteiger partial charge in [-0.05, 0) is 17.3 Å². The van der Waals surface area contributed by atoms with Crippen molar-refractivity contribution in [3.05, 3.63) is 29.8 Å². The van der Waals surface area contributed by atoms with Gasteiger partial charge in [0.25, 0.3) is 5.95 Å². The van der Waals surface area contributed by atoms with Gasteiger partial charge in [0.1, 0.15) is 17.9 Å². The summed E-state index contributed by atoms with van der Waals surface area (Å²) in [7, 11) is 0. The highest BCUT2D eigenvalue weighted by molar-refractivity contribution is 6.00. The number of nitrogens with zero attached hydrogens (tertiary/aromatic N) is 6. The molecule has 29 heavy (non-hydrogen) atoms. The summed E-state index contributed by atoms with van der Waals surface area (Å²) < 4.78 is 11.5. The fourth-order valence-electron chi connectivity index (χ4n) is 4.14. The lowest BCUT2D eigenvalue weighted by molar-refractivity contribution is -0.132. The molecule has 3 aliphatic heterocycles. The fraction of sp³-hybridized carbons (Fsp3) is 0.526. The highest BCUT2D eigenvalue weighted by atomic mass is 16.5. The van der Waals surface area contributed by atoms with Crippen LogP contribution in [0.1, 0.15) is 23.2 Å². The van der Waals surface area contributed by atoms with Crippen molar-refractivity contribution in [1.82, 2.24) is 25.1 Å². The molecule has 10 heteroatoms. The Kier molecular flexibility index (Phi) is 4.42. The van der Waals surface area contributed by atoms with Crippen molar-refractivity contribution in [2.75, 3.05) is 44.3 Å². The van der Waals surface area contributed by atoms with Gasteiger partial charge in [-0.1, -0.05) is 17.2 Å². The fourth-order valence-corrected chi connectivity index (χ4v) is 4.14. The predicted molar refractivity (Wildman–Crippen MR) is 101 cm³/mol. The van der Waals surface area contributed by atoms with E-state index < -0.39 is 5.60 Å². The molecule has 0 aliphatic carbocycles. The van der Waals surface area contributed by atoms with Crippen LogP contribution in [0.25, 0.3) is 0 Å². The molecule has 10 nitrogen and oxygen atoms in total. The van der Waals surface area contributed by atoms with Gasteiger partial charge in [-0.3, -0.25) is 9.59 Å². The Labute approximate surface area is 167 Å². The van der Waals surface area contributed by atoms with Crippen molar-refractivity contribution in [3.63, 3.8) is 0 Å². The molecular weight excluding hydrogens is 376 g/mol. The highest BCUT2D eigenvalue weighted by Crippen LogP contribution is 2.38. The molecule has 1 amide bonds. The molecule has 1 atom stereocenters. The number of carbonyl (C=O) groups is 2. The van der Waals surface area contributed by atoms with Crippen molar-refractivity contribution >= 4 is 17.6 Å². The first-order valence-electron chi connectivity index (χ1n) is 9.81. The topological polar surface area (TPSA) is 103 Å². The van der Waals surface area contributed by atoms with E-state index in [2.05, 4.69) is 15.4 Å². The summed E-state index contributed by atoms with van der Waals surface area (Å²) in [5.74, 6) is 1.07. The molecular formula is C19H22N6O4. The monoisotopic (exact) mass is 398 g/mol. The van der Waals surface area contributed by atoms with E-state index in [0.717, 1.165) is 0 Å². The number of fused-ring (bicyclic) bond motifs is 1. The van der Waals surface area contributed by atoms with Crippen LogP contribution < -0.4 is 9.64 Å². The summed E-state index contributed by atoms with van der Waals surface area (Å²) >= 11 is 0. The molecule has 3 aliphatic rings. The van der Waals surface area contributed by atoms with E-state index in [0.29, 0.717) is 63.1 Å². The number of para-hydroxylation sites is 1. The summed E-state index contributed by atoms with van der Waals surface area (Å²) in [5, 5.41) is 12.4. The van der Waals surface area contributed by atoms with E-state index in [-0.39, 0.29) is 24.7 Å². The molecule has 0 bridgehead atoms. The van der Waals surface area contributed by atoms with Crippen LogP contribution in [0.3, 0.4) is 0 Å². The predicted octanol–water partition coefficient (Wildman–Crippen LogP) is 0.146. The average molecular weight is 398 g/mol. The van der Waals surface area contributed by atoms with E-state index >= 15 is 0 Å². The molecule has 2 aromatic rings. The van der Waals surface area contributed by atoms with Crippen molar-refractivity contribution in [2.45, 2.75) is 25.0 Å². The summed E-state index contributed by atoms with van der Waals surface area (Å²) in [5.41, 5.74) is -0.0269. The third kappa shape index (κ3) is 3.44. The smallest absolute Gasteiger partial charge is 0.266 e. The van der Waals surface area contributed by atoms with E-state index in [1.54, 1.807) is 11.0 Å². The first-order chi connectivity index (χ1) is 14.1. The van der Waals surface area contributed by atoms with Crippen molar-refractivity contribution < 1.29 is 19.1 Å². The van der Waals surface area contributed by atoms with Crippen LogP contribution in [0.4, 0.5) is 5.95 Å². The number of hydrogen-bond donors (Lipinski definition) is 0. The van der Waals surface area contributed by atoms with Crippen LogP contribution in [-0.2, 0) is 16.1 Å². The van der Waals surface area contributed by atoms with Crippen LogP contribution in [0.5, 0.6) is 5.75 Å². The second-order valence-corrected chi connectivity index (χ2v) is 7.67. The number of ketones is 1. The van der Waals surface area contributed by atoms with E-state index in [1.807, 2.05) is 23.1 Å². The zero-order valence-corrected chi connectivity index (χ0v) is 16.0. The van der Waals surface area contributed by atoms with Gasteiger partial charge in [0.05, 0.1) is 31.7 Å². The Hall–Kier alpha value is -3.01. The molecule has 0 N–H and O–H groups in total. The Bertz CT molecular complexity index is 940. The average Bonchev–Trinajstić information content (AvgIpc) is 3.36. The number of likely N-dealkylation sites (tertiary alicyclic amines) is 1. The number of tetrazole rings is 1. The zero-order chi connectivity index (χ0) is 19.8. The molecule has 1 spiro atoms. The molecule has 152 valence electrons. The van der Waals surface area contributed by atoms with Gasteiger partial charge >= 0.3 is 0 Å². The maximum atomic E-state index is 12.8. The second kappa shape index (κ2) is 7.11. The maximum absolute atomic E-state index is 12.8. The van der Waals surface area contributed by atoms with Crippen LogP contribution >= 0.6 is 0 Å². The lowest BCUT2D eigenvalue weighted by atomic mass is 9.89. The third-order valence-corrected chi connectivity index (χ3v) is 5.68. The summed E-state index contributed by atoms with van der Waals surface area (Å²) in [6.07, 6.45) is 0.916. The molecule has 2 saturated heterocycles. The highest BCUT2D eigenvalue weighted by Gasteiger charge is 2.46. The Balaban J connectivity index is 1.23. The van der Waals surface area contributed by atoms with Crippen molar-refractivity contribution in [2.24, 2.45) is 0 Å². The van der Waals surface area contributed by atoms with E-state index in [4.69, 9.17) is 9.47 Å². The van der Waals surface area contributed by atoms with Gasteiger partial charge < -0.3 is 19.3 Å². The van der Waals surface area contributed by atoms with Crippen LogP contribution in [0, 0.1) is 0 Å². The van der Waals surface area contributed by atoms with Gasteiger partial charge in [-0.15, -0.1) is 5.10 Å². The standard InChI is InChI=1S/C19H22N6O4/c26-15-11-19(29-16-4-2-1-3-14(15)16)5-6-24(13-19)17(27)12-25-21-18(20-22-25)23-7-9-28-10-8-23/h1-4H,5-13H2. The Morgan fingerprint density at radius 1 is 1.17 bits per heavy atom. The van der Waals surface area contributed by atoms with Crippen LogP contribution in [0.15, 0.2) is 24.3 Å². The molecule has 0 radical (unpaired) electrons. The number of hydrogen-bond acceptors (Lipinski definition) is 8. The normalized spacial score (nSPS) is 23.9. The molecule has 0 saturated carbocycles. The lowest BCUT2D eigenvalue weighted by Crippen LogP contribution is -2.45. The molecule has 1 aromatic heterocycles. The Morgan fingerprint density at radius 3 is 2.86 bits per heavy atom. The third-order valence-electron chi connectivity index (χ3n) is 5.68. The quantitative estimate of drug-likeness (QED) is 0.720. The van der Waals surface area contributed by atoms with Crippen molar-refractivity contribution in [1.29, 1.82) is 0 Å². The number of aromatic nitrogens is 4. The molecule has 4 heterocycles. The molecule has 1 aromatic carbocycles. The Morgan fingerprint density at radius 2 is 2.00 bits per heavy atom. The number of anilines is 1. The number of amides is 1. The minimum atomic E-state index is -0.643. The largest absolute Gasteiger partial charge is 0.484 e. The van der Waals surface area contributed by atoms with Gasteiger partial charge in [0.2, 0.25) is 5.91 Å². The number of morpholine rings is 1. The summed E-state index contributed by atoms with van der Waals surface area (Å²) in [6.45, 7) is 3.62. The van der Waals surface area contributed by atoms with Crippen LogP contribution in [0.2, 0.25) is 0 Å². The second-order valence-electron chi connectivity index (χ2n) is 7.67.